The van der Waals surface area contributed by atoms with Crippen LogP contribution in [-0.2, 0) is 10.7 Å². The fourth-order valence-corrected chi connectivity index (χ4v) is 4.62. The number of likely N-dealkylation sites (N-methyl/N-ethyl adjacent to an activating group) is 1. The van der Waals surface area contributed by atoms with Gasteiger partial charge in [0.05, 0.1) is 16.4 Å². The summed E-state index contributed by atoms with van der Waals surface area (Å²) in [7, 11) is 2.15. The van der Waals surface area contributed by atoms with Crippen molar-refractivity contribution in [3.8, 4) is 5.82 Å². The van der Waals surface area contributed by atoms with Crippen LogP contribution in [-0.4, -0.2) is 67.8 Å². The van der Waals surface area contributed by atoms with Gasteiger partial charge in [-0.05, 0) is 26.4 Å². The highest BCUT2D eigenvalue weighted by atomic mass is 19.3. The molecule has 2 fully saturated rings. The Balaban J connectivity index is 1.60. The Labute approximate surface area is 183 Å². The van der Waals surface area contributed by atoms with E-state index in [1.807, 2.05) is 0 Å². The number of alkyl halides is 2. The molecular formula is C21H24F2N8O. The molecule has 168 valence electrons. The number of nitrogens with one attached hydrogen (secondary N) is 1. The summed E-state index contributed by atoms with van der Waals surface area (Å²) < 4.78 is 29.2. The smallest absolute Gasteiger partial charge is 0.303 e. The maximum Gasteiger partial charge on any atom is 0.303 e. The number of anilines is 2. The first-order valence-electron chi connectivity index (χ1n) is 10.5. The minimum absolute atomic E-state index is 0.159. The number of amides is 1. The Morgan fingerprint density at radius 2 is 2.06 bits per heavy atom. The maximum atomic E-state index is 13.8. The first-order chi connectivity index (χ1) is 15.2. The van der Waals surface area contributed by atoms with E-state index < -0.39 is 11.7 Å². The summed E-state index contributed by atoms with van der Waals surface area (Å²) in [4.78, 5) is 28.2. The van der Waals surface area contributed by atoms with Crippen molar-refractivity contribution in [1.82, 2.24) is 29.6 Å². The topological polar surface area (TPSA) is 92.1 Å². The van der Waals surface area contributed by atoms with E-state index >= 15 is 0 Å². The van der Waals surface area contributed by atoms with Gasteiger partial charge < -0.3 is 10.2 Å². The zero-order chi connectivity index (χ0) is 22.7. The molecule has 1 amide bonds. The molecule has 5 heterocycles. The van der Waals surface area contributed by atoms with Crippen LogP contribution in [0.25, 0.3) is 16.7 Å². The molecule has 2 aliphatic heterocycles. The molecule has 2 aliphatic rings. The third kappa shape index (κ3) is 3.36. The van der Waals surface area contributed by atoms with E-state index in [1.165, 1.54) is 30.3 Å². The Bertz CT molecular complexity index is 1200. The number of rotatable bonds is 4. The number of pyridine rings is 1. The summed E-state index contributed by atoms with van der Waals surface area (Å²) in [5.74, 6) is -2.72. The van der Waals surface area contributed by atoms with Crippen LogP contribution in [0.5, 0.6) is 0 Å². The van der Waals surface area contributed by atoms with Crippen LogP contribution in [0.1, 0.15) is 32.5 Å². The lowest BCUT2D eigenvalue weighted by molar-refractivity contribution is -0.114. The number of carbonyl (C=O) groups is 1. The molecular weight excluding hydrogens is 418 g/mol. The first kappa shape index (κ1) is 20.7. The minimum Gasteiger partial charge on any atom is -0.351 e. The van der Waals surface area contributed by atoms with E-state index in [1.54, 1.807) is 12.3 Å². The van der Waals surface area contributed by atoms with Gasteiger partial charge in [-0.3, -0.25) is 9.69 Å². The largest absolute Gasteiger partial charge is 0.351 e. The fraction of sp³-hybridized carbons (Fsp3) is 0.476. The lowest BCUT2D eigenvalue weighted by Gasteiger charge is -2.52. The van der Waals surface area contributed by atoms with Crippen LogP contribution in [0, 0.1) is 0 Å². The lowest BCUT2D eigenvalue weighted by atomic mass is 9.87. The van der Waals surface area contributed by atoms with Gasteiger partial charge in [0.15, 0.2) is 11.6 Å². The third-order valence-corrected chi connectivity index (χ3v) is 6.32. The molecule has 2 saturated heterocycles. The van der Waals surface area contributed by atoms with Gasteiger partial charge in [-0.1, -0.05) is 0 Å². The number of aromatic nitrogens is 5. The van der Waals surface area contributed by atoms with Gasteiger partial charge in [-0.25, -0.2) is 19.6 Å². The summed E-state index contributed by atoms with van der Waals surface area (Å²) in [6.07, 6.45) is 5.27. The number of fused-ring (bicyclic) bond motifs is 1. The van der Waals surface area contributed by atoms with Crippen molar-refractivity contribution in [2.75, 3.05) is 36.9 Å². The van der Waals surface area contributed by atoms with Crippen molar-refractivity contribution in [1.29, 1.82) is 0 Å². The number of hydrogen-bond donors (Lipinski definition) is 1. The van der Waals surface area contributed by atoms with E-state index in [0.29, 0.717) is 11.3 Å². The SMILES string of the molecule is CC(=O)Nc1cc2c(cn1)c(N1CC3(CCCN3C)C1)nn2-c1ccnc(C(C)(F)F)n1. The molecule has 9 nitrogen and oxygen atoms in total. The molecule has 0 aliphatic carbocycles. The van der Waals surface area contributed by atoms with E-state index in [2.05, 4.69) is 37.1 Å². The summed E-state index contributed by atoms with van der Waals surface area (Å²) in [5, 5.41) is 8.16. The van der Waals surface area contributed by atoms with Crippen molar-refractivity contribution in [2.24, 2.45) is 0 Å². The number of likely N-dealkylation sites (tertiary alicyclic amines) is 1. The predicted molar refractivity (Wildman–Crippen MR) is 115 cm³/mol. The summed E-state index contributed by atoms with van der Waals surface area (Å²) in [6.45, 7) is 4.91. The highest BCUT2D eigenvalue weighted by Gasteiger charge is 2.49. The van der Waals surface area contributed by atoms with E-state index in [9.17, 15) is 13.6 Å². The number of hydrogen-bond acceptors (Lipinski definition) is 7. The molecule has 0 bridgehead atoms. The van der Waals surface area contributed by atoms with Crippen molar-refractivity contribution in [3.63, 3.8) is 0 Å². The number of nitrogens with zero attached hydrogens (tertiary/aromatic N) is 7. The molecule has 0 aromatic carbocycles. The highest BCUT2D eigenvalue weighted by molar-refractivity contribution is 5.95. The number of carbonyl (C=O) groups excluding carboxylic acids is 1. The standard InChI is InChI=1S/C21H24F2N8O/c1-13(32)26-16-9-15-14(10-25-16)18(30-11-21(12-30)6-4-8-29(21)3)28-31(15)17-5-7-24-19(27-17)20(2,22)23/h5,7,9-10H,4,6,8,11-12H2,1-3H3,(H,25,26,32). The highest BCUT2D eigenvalue weighted by Crippen LogP contribution is 2.41. The quantitative estimate of drug-likeness (QED) is 0.664. The molecule has 1 spiro atoms. The van der Waals surface area contributed by atoms with E-state index in [4.69, 9.17) is 5.10 Å². The summed E-state index contributed by atoms with van der Waals surface area (Å²) in [6, 6.07) is 3.21. The van der Waals surface area contributed by atoms with Crippen LogP contribution in [0.2, 0.25) is 0 Å². The Hall–Kier alpha value is -3.21. The van der Waals surface area contributed by atoms with Gasteiger partial charge in [0.25, 0.3) is 0 Å². The van der Waals surface area contributed by atoms with Crippen LogP contribution >= 0.6 is 0 Å². The minimum atomic E-state index is -3.18. The molecule has 5 rings (SSSR count). The molecule has 0 saturated carbocycles. The first-order valence-corrected chi connectivity index (χ1v) is 10.5. The molecule has 3 aromatic rings. The second-order valence-electron chi connectivity index (χ2n) is 8.74. The molecule has 11 heteroatoms. The Morgan fingerprint density at radius 1 is 1.28 bits per heavy atom. The number of halogens is 2. The summed E-state index contributed by atoms with van der Waals surface area (Å²) >= 11 is 0. The van der Waals surface area contributed by atoms with E-state index in [-0.39, 0.29) is 17.3 Å². The zero-order valence-electron chi connectivity index (χ0n) is 18.1. The van der Waals surface area contributed by atoms with Crippen LogP contribution < -0.4 is 10.2 Å². The summed E-state index contributed by atoms with van der Waals surface area (Å²) in [5.41, 5.74) is 0.773. The van der Waals surface area contributed by atoms with Crippen molar-refractivity contribution in [3.05, 3.63) is 30.4 Å². The lowest BCUT2D eigenvalue weighted by Crippen LogP contribution is -2.67. The molecule has 32 heavy (non-hydrogen) atoms. The van der Waals surface area contributed by atoms with Crippen LogP contribution in [0.4, 0.5) is 20.4 Å². The third-order valence-electron chi connectivity index (χ3n) is 6.32. The maximum absolute atomic E-state index is 13.8. The van der Waals surface area contributed by atoms with Gasteiger partial charge in [-0.15, -0.1) is 5.10 Å². The Morgan fingerprint density at radius 3 is 2.72 bits per heavy atom. The monoisotopic (exact) mass is 442 g/mol. The average molecular weight is 442 g/mol. The molecule has 0 atom stereocenters. The van der Waals surface area contributed by atoms with Crippen LogP contribution in [0.15, 0.2) is 24.5 Å². The molecule has 1 N–H and O–H groups in total. The molecule has 3 aromatic heterocycles. The van der Waals surface area contributed by atoms with Crippen molar-refractivity contribution < 1.29 is 13.6 Å². The zero-order valence-corrected chi connectivity index (χ0v) is 18.1. The van der Waals surface area contributed by atoms with Gasteiger partial charge in [0.2, 0.25) is 11.7 Å². The van der Waals surface area contributed by atoms with Gasteiger partial charge in [0, 0.05) is 51.5 Å². The van der Waals surface area contributed by atoms with Crippen LogP contribution in [0.3, 0.4) is 0 Å². The second-order valence-corrected chi connectivity index (χ2v) is 8.74. The fourth-order valence-electron chi connectivity index (χ4n) is 4.62. The normalized spacial score (nSPS) is 18.3. The van der Waals surface area contributed by atoms with Gasteiger partial charge in [0.1, 0.15) is 5.82 Å². The average Bonchev–Trinajstić information content (AvgIpc) is 3.26. The predicted octanol–water partition coefficient (Wildman–Crippen LogP) is 2.57. The van der Waals surface area contributed by atoms with Crippen molar-refractivity contribution in [2.45, 2.75) is 38.2 Å². The Kier molecular flexibility index (Phi) is 4.63. The van der Waals surface area contributed by atoms with Gasteiger partial charge >= 0.3 is 5.92 Å². The van der Waals surface area contributed by atoms with Gasteiger partial charge in [-0.2, -0.15) is 8.78 Å². The second kappa shape index (κ2) is 7.16. The molecule has 0 unspecified atom stereocenters. The molecule has 0 radical (unpaired) electrons. The van der Waals surface area contributed by atoms with E-state index in [0.717, 1.165) is 44.2 Å². The van der Waals surface area contributed by atoms with Crippen molar-refractivity contribution >= 4 is 28.4 Å².